The molecule has 0 amide bonds. The van der Waals surface area contributed by atoms with E-state index in [4.69, 9.17) is 0 Å². The van der Waals surface area contributed by atoms with Gasteiger partial charge in [0.05, 0.1) is 5.22 Å². The molecule has 1 N–H and O–H groups in total. The van der Waals surface area contributed by atoms with Crippen molar-refractivity contribution >= 4 is 5.69 Å². The van der Waals surface area contributed by atoms with E-state index < -0.39 is 0 Å². The Balaban J connectivity index is 2.29. The highest BCUT2D eigenvalue weighted by atomic mass is 15.5. The van der Waals surface area contributed by atoms with Crippen LogP contribution >= 0.6 is 0 Å². The summed E-state index contributed by atoms with van der Waals surface area (Å²) >= 11 is 0. The van der Waals surface area contributed by atoms with Crippen LogP contribution in [0.2, 0.25) is 0 Å². The van der Waals surface area contributed by atoms with Crippen LogP contribution in [0.15, 0.2) is 35.6 Å². The summed E-state index contributed by atoms with van der Waals surface area (Å²) in [5.74, 6) is 0. The van der Waals surface area contributed by atoms with Crippen LogP contribution in [0.25, 0.3) is 0 Å². The summed E-state index contributed by atoms with van der Waals surface area (Å²) in [6.07, 6.45) is 0. The van der Waals surface area contributed by atoms with E-state index in [2.05, 4.69) is 22.8 Å². The number of para-hydroxylation sites is 1. The average molecular weight is 148 g/mol. The van der Waals surface area contributed by atoms with Gasteiger partial charge in [0.15, 0.2) is 6.54 Å². The zero-order valence-electron chi connectivity index (χ0n) is 6.20. The molecular formula is C8H10N3+. The number of hydrogen-bond donors (Lipinski definition) is 1. The molecule has 56 valence electrons. The fourth-order valence-corrected chi connectivity index (χ4v) is 1.13. The summed E-state index contributed by atoms with van der Waals surface area (Å²) in [5.41, 5.74) is 4.07. The Morgan fingerprint density at radius 2 is 2.09 bits per heavy atom. The molecule has 11 heavy (non-hydrogen) atoms. The minimum Gasteiger partial charge on any atom is -0.178 e. The van der Waals surface area contributed by atoms with Crippen LogP contribution in [0, 0.1) is 0 Å². The topological polar surface area (TPSA) is 27.4 Å². The smallest absolute Gasteiger partial charge is 0.152 e. The Morgan fingerprint density at radius 1 is 1.27 bits per heavy atom. The Morgan fingerprint density at radius 3 is 2.73 bits per heavy atom. The zero-order chi connectivity index (χ0) is 7.52. The van der Waals surface area contributed by atoms with E-state index in [1.807, 2.05) is 22.9 Å². The molecule has 0 unspecified atom stereocenters. The minimum absolute atomic E-state index is 0.939. The van der Waals surface area contributed by atoms with Crippen molar-refractivity contribution in [2.24, 2.45) is 5.22 Å². The van der Waals surface area contributed by atoms with Crippen LogP contribution in [0.4, 0.5) is 5.69 Å². The lowest BCUT2D eigenvalue weighted by atomic mass is 10.3. The third-order valence-corrected chi connectivity index (χ3v) is 1.68. The first-order valence-corrected chi connectivity index (χ1v) is 3.73. The molecule has 0 aliphatic carbocycles. The largest absolute Gasteiger partial charge is 0.178 e. The second kappa shape index (κ2) is 2.70. The molecule has 1 aliphatic rings. The van der Waals surface area contributed by atoms with Crippen molar-refractivity contribution < 1.29 is 4.70 Å². The summed E-state index contributed by atoms with van der Waals surface area (Å²) in [7, 11) is 0. The fraction of sp³-hybridized carbons (Fsp3) is 0.250. The summed E-state index contributed by atoms with van der Waals surface area (Å²) in [6, 6.07) is 10.1. The van der Waals surface area contributed by atoms with Gasteiger partial charge in [0.25, 0.3) is 0 Å². The highest BCUT2D eigenvalue weighted by Crippen LogP contribution is 2.11. The summed E-state index contributed by atoms with van der Waals surface area (Å²) in [4.78, 5) is 0. The minimum atomic E-state index is 0.939. The molecule has 1 aliphatic heterocycles. The highest BCUT2D eigenvalue weighted by Gasteiger charge is 2.11. The molecule has 1 aromatic rings. The Hall–Kier alpha value is -1.38. The maximum Gasteiger partial charge on any atom is 0.152 e. The second-order valence-electron chi connectivity index (χ2n) is 2.47. The van der Waals surface area contributed by atoms with E-state index in [9.17, 15) is 0 Å². The summed E-state index contributed by atoms with van der Waals surface area (Å²) in [5, 5.41) is 4.09. The van der Waals surface area contributed by atoms with E-state index in [0.717, 1.165) is 18.8 Å². The van der Waals surface area contributed by atoms with Gasteiger partial charge in [-0.25, -0.2) is 0 Å². The Kier molecular flexibility index (Phi) is 1.55. The van der Waals surface area contributed by atoms with Gasteiger partial charge in [-0.1, -0.05) is 18.2 Å². The zero-order valence-corrected chi connectivity index (χ0v) is 6.20. The second-order valence-corrected chi connectivity index (χ2v) is 2.47. The normalized spacial score (nSPS) is 15.8. The standard InChI is InChI=1S/C8H9N3/c1-2-4-8(5-3-1)11-7-6-9-10-11/h1-5H,6-7H2/p+1. The number of rotatable bonds is 1. The third kappa shape index (κ3) is 1.22. The maximum absolute atomic E-state index is 4.09. The SMILES string of the molecule is c1ccc([N+]2=NNCC2)cc1. The van der Waals surface area contributed by atoms with Crippen LogP contribution in [0.1, 0.15) is 0 Å². The Bertz CT molecular complexity index is 266. The summed E-state index contributed by atoms with van der Waals surface area (Å²) in [6.45, 7) is 1.90. The average Bonchev–Trinajstić information content (AvgIpc) is 2.58. The van der Waals surface area contributed by atoms with Gasteiger partial charge in [0, 0.05) is 0 Å². The predicted octanol–water partition coefficient (Wildman–Crippen LogP) is 1.30. The van der Waals surface area contributed by atoms with Gasteiger partial charge in [-0.2, -0.15) is 5.43 Å². The molecule has 2 rings (SSSR count). The van der Waals surface area contributed by atoms with Gasteiger partial charge < -0.3 is 0 Å². The van der Waals surface area contributed by atoms with E-state index >= 15 is 0 Å². The molecule has 0 saturated carbocycles. The first-order valence-electron chi connectivity index (χ1n) is 3.73. The van der Waals surface area contributed by atoms with Crippen molar-refractivity contribution in [1.29, 1.82) is 0 Å². The van der Waals surface area contributed by atoms with Crippen LogP contribution in [-0.2, 0) is 0 Å². The number of hydrogen-bond acceptors (Lipinski definition) is 2. The van der Waals surface area contributed by atoms with E-state index in [-0.39, 0.29) is 0 Å². The third-order valence-electron chi connectivity index (χ3n) is 1.68. The summed E-state index contributed by atoms with van der Waals surface area (Å²) < 4.78 is 1.96. The predicted molar refractivity (Wildman–Crippen MR) is 41.7 cm³/mol. The number of nitrogens with one attached hydrogen (secondary N) is 1. The van der Waals surface area contributed by atoms with E-state index in [1.165, 1.54) is 0 Å². The molecule has 0 atom stereocenters. The molecule has 3 heteroatoms. The molecule has 0 radical (unpaired) electrons. The van der Waals surface area contributed by atoms with Crippen LogP contribution < -0.4 is 5.43 Å². The van der Waals surface area contributed by atoms with Gasteiger partial charge in [0.2, 0.25) is 0 Å². The van der Waals surface area contributed by atoms with Crippen molar-refractivity contribution in [3.63, 3.8) is 0 Å². The first kappa shape index (κ1) is 6.34. The van der Waals surface area contributed by atoms with Gasteiger partial charge in [-0.15, -0.1) is 4.70 Å². The fourth-order valence-electron chi connectivity index (χ4n) is 1.13. The van der Waals surface area contributed by atoms with Crippen LogP contribution in [0.5, 0.6) is 0 Å². The number of benzene rings is 1. The molecule has 0 spiro atoms. The van der Waals surface area contributed by atoms with Crippen molar-refractivity contribution in [3.8, 4) is 0 Å². The monoisotopic (exact) mass is 148 g/mol. The molecule has 0 fully saturated rings. The Labute approximate surface area is 65.3 Å². The van der Waals surface area contributed by atoms with Crippen molar-refractivity contribution in [2.75, 3.05) is 13.1 Å². The quantitative estimate of drug-likeness (QED) is 0.597. The van der Waals surface area contributed by atoms with Gasteiger partial charge in [-0.3, -0.25) is 0 Å². The van der Waals surface area contributed by atoms with Gasteiger partial charge in [0.1, 0.15) is 12.2 Å². The molecule has 0 saturated heterocycles. The van der Waals surface area contributed by atoms with Crippen molar-refractivity contribution in [3.05, 3.63) is 30.3 Å². The van der Waals surface area contributed by atoms with E-state index in [1.54, 1.807) is 0 Å². The molecule has 3 nitrogen and oxygen atoms in total. The molecule has 0 bridgehead atoms. The van der Waals surface area contributed by atoms with Crippen molar-refractivity contribution in [1.82, 2.24) is 5.43 Å². The molecule has 1 aromatic carbocycles. The molecule has 0 aromatic heterocycles. The van der Waals surface area contributed by atoms with Crippen LogP contribution in [-0.4, -0.2) is 17.8 Å². The first-order chi connectivity index (χ1) is 5.47. The van der Waals surface area contributed by atoms with Crippen molar-refractivity contribution in [2.45, 2.75) is 0 Å². The molecule has 1 heterocycles. The lowest BCUT2D eigenvalue weighted by Gasteiger charge is -1.93. The van der Waals surface area contributed by atoms with E-state index in [0.29, 0.717) is 0 Å². The molecular weight excluding hydrogens is 138 g/mol. The van der Waals surface area contributed by atoms with Gasteiger partial charge >= 0.3 is 0 Å². The lowest BCUT2D eigenvalue weighted by molar-refractivity contribution is -0.497. The van der Waals surface area contributed by atoms with Crippen LogP contribution in [0.3, 0.4) is 0 Å². The number of nitrogens with zero attached hydrogens (tertiary/aromatic N) is 2. The van der Waals surface area contributed by atoms with Gasteiger partial charge in [-0.05, 0) is 12.1 Å². The maximum atomic E-state index is 4.09. The lowest BCUT2D eigenvalue weighted by Crippen LogP contribution is -2.03. The highest BCUT2D eigenvalue weighted by molar-refractivity contribution is 5.27.